The molecule has 1 heterocycles. The van der Waals surface area contributed by atoms with Gasteiger partial charge in [-0.05, 0) is 43.7 Å². The third-order valence-corrected chi connectivity index (χ3v) is 9.71. The molecule has 0 aromatic heterocycles. The van der Waals surface area contributed by atoms with Gasteiger partial charge in [-0.15, -0.1) is 11.8 Å². The van der Waals surface area contributed by atoms with Gasteiger partial charge < -0.3 is 21.1 Å². The monoisotopic (exact) mass is 588 g/mol. The van der Waals surface area contributed by atoms with Gasteiger partial charge in [0.2, 0.25) is 15.7 Å². The van der Waals surface area contributed by atoms with Crippen molar-refractivity contribution < 1.29 is 41.1 Å². The van der Waals surface area contributed by atoms with Gasteiger partial charge in [0.15, 0.2) is 4.71 Å². The highest BCUT2D eigenvalue weighted by Gasteiger charge is 2.50. The van der Waals surface area contributed by atoms with Crippen LogP contribution in [0.3, 0.4) is 0 Å². The summed E-state index contributed by atoms with van der Waals surface area (Å²) in [5.41, 5.74) is -0.452. The summed E-state index contributed by atoms with van der Waals surface area (Å²) in [6, 6.07) is 8.42. The van der Waals surface area contributed by atoms with Crippen LogP contribution in [0.4, 0.5) is 18.0 Å². The van der Waals surface area contributed by atoms with Gasteiger partial charge in [-0.25, -0.2) is 18.0 Å². The third kappa shape index (κ3) is 7.64. The summed E-state index contributed by atoms with van der Waals surface area (Å²) >= 11 is 1.02. The number of hydrogen-bond acceptors (Lipinski definition) is 7. The summed E-state index contributed by atoms with van der Waals surface area (Å²) < 4.78 is 61.9. The van der Waals surface area contributed by atoms with E-state index in [-0.39, 0.29) is 11.4 Å². The number of carbonyl (C=O) groups is 3. The second-order valence-corrected chi connectivity index (χ2v) is 13.3. The topological polar surface area (TPSA) is 154 Å². The van der Waals surface area contributed by atoms with E-state index in [0.29, 0.717) is 5.56 Å². The second kappa shape index (κ2) is 11.8. The quantitative estimate of drug-likeness (QED) is 0.299. The van der Waals surface area contributed by atoms with Crippen LogP contribution in [0.2, 0.25) is 0 Å². The van der Waals surface area contributed by atoms with E-state index in [1.807, 2.05) is 0 Å². The molecule has 0 spiro atoms. The fraction of sp³-hybridized carbons (Fsp3) is 0.375. The second-order valence-electron chi connectivity index (χ2n) is 9.17. The molecular formula is C24H27F3N4O6S2. The molecule has 3 atom stereocenters. The SMILES string of the molecule is CC1(C)SC(S(=O)(=O)c2ccccc2)NC1C(=O)NC(CNC(=O)NCc1ccc(C(F)(F)F)cc1)C(=O)O. The first-order valence-electron chi connectivity index (χ1n) is 11.5. The zero-order valence-electron chi connectivity index (χ0n) is 20.8. The van der Waals surface area contributed by atoms with E-state index in [1.165, 1.54) is 24.3 Å². The molecule has 1 aliphatic rings. The van der Waals surface area contributed by atoms with Crippen LogP contribution in [-0.2, 0) is 32.1 Å². The number of urea groups is 1. The average Bonchev–Trinajstić information content (AvgIpc) is 3.21. The third-order valence-electron chi connectivity index (χ3n) is 5.84. The Morgan fingerprint density at radius 3 is 2.23 bits per heavy atom. The van der Waals surface area contributed by atoms with Gasteiger partial charge in [-0.2, -0.15) is 13.2 Å². The molecule has 15 heteroatoms. The molecule has 2 aromatic carbocycles. The number of aliphatic carboxylic acids is 1. The van der Waals surface area contributed by atoms with Gasteiger partial charge in [0.1, 0.15) is 12.1 Å². The first-order chi connectivity index (χ1) is 18.1. The Bertz CT molecular complexity index is 1310. The minimum atomic E-state index is -4.49. The summed E-state index contributed by atoms with van der Waals surface area (Å²) in [6.45, 7) is 2.67. The van der Waals surface area contributed by atoms with Gasteiger partial charge in [0.25, 0.3) is 0 Å². The van der Waals surface area contributed by atoms with E-state index in [4.69, 9.17) is 0 Å². The number of carboxylic acid groups (broad SMARTS) is 1. The lowest BCUT2D eigenvalue weighted by atomic mass is 10.0. The normalized spacial score (nSPS) is 19.6. The lowest BCUT2D eigenvalue weighted by Gasteiger charge is -2.25. The van der Waals surface area contributed by atoms with Crippen molar-refractivity contribution >= 4 is 39.5 Å². The highest BCUT2D eigenvalue weighted by Crippen LogP contribution is 2.41. The highest BCUT2D eigenvalue weighted by atomic mass is 32.3. The average molecular weight is 589 g/mol. The van der Waals surface area contributed by atoms with Crippen LogP contribution < -0.4 is 21.3 Å². The van der Waals surface area contributed by atoms with Crippen molar-refractivity contribution in [3.8, 4) is 0 Å². The number of sulfone groups is 1. The maximum Gasteiger partial charge on any atom is 0.416 e. The van der Waals surface area contributed by atoms with Crippen molar-refractivity contribution in [2.45, 2.75) is 53.0 Å². The fourth-order valence-corrected chi connectivity index (χ4v) is 7.45. The van der Waals surface area contributed by atoms with Gasteiger partial charge in [-0.3, -0.25) is 10.1 Å². The van der Waals surface area contributed by atoms with E-state index in [2.05, 4.69) is 21.3 Å². The van der Waals surface area contributed by atoms with Crippen molar-refractivity contribution in [1.82, 2.24) is 21.3 Å². The van der Waals surface area contributed by atoms with E-state index < -0.39 is 67.6 Å². The number of nitrogens with one attached hydrogen (secondary N) is 4. The van der Waals surface area contributed by atoms with E-state index in [0.717, 1.165) is 23.9 Å². The van der Waals surface area contributed by atoms with Crippen LogP contribution in [-0.4, -0.2) is 59.5 Å². The molecule has 1 saturated heterocycles. The number of hydrogen-bond donors (Lipinski definition) is 5. The molecule has 3 unspecified atom stereocenters. The Balaban J connectivity index is 1.56. The van der Waals surface area contributed by atoms with Crippen molar-refractivity contribution in [2.75, 3.05) is 6.54 Å². The summed E-state index contributed by atoms with van der Waals surface area (Å²) in [5, 5.41) is 19.3. The van der Waals surface area contributed by atoms with Crippen molar-refractivity contribution in [1.29, 1.82) is 0 Å². The predicted molar refractivity (Wildman–Crippen MR) is 137 cm³/mol. The maximum absolute atomic E-state index is 13.0. The number of rotatable bonds is 9. The van der Waals surface area contributed by atoms with Gasteiger partial charge >= 0.3 is 18.2 Å². The highest BCUT2D eigenvalue weighted by molar-refractivity contribution is 8.14. The first kappa shape index (κ1) is 30.2. The molecular weight excluding hydrogens is 561 g/mol. The molecule has 0 bridgehead atoms. The molecule has 1 fully saturated rings. The summed E-state index contributed by atoms with van der Waals surface area (Å²) in [6.07, 6.45) is -4.49. The van der Waals surface area contributed by atoms with Crippen LogP contribution >= 0.6 is 11.8 Å². The van der Waals surface area contributed by atoms with Gasteiger partial charge in [-0.1, -0.05) is 30.3 Å². The van der Waals surface area contributed by atoms with E-state index in [9.17, 15) is 41.1 Å². The van der Waals surface area contributed by atoms with Crippen molar-refractivity contribution in [2.24, 2.45) is 0 Å². The summed E-state index contributed by atoms with van der Waals surface area (Å²) in [4.78, 5) is 36.9. The molecule has 0 aliphatic carbocycles. The Morgan fingerprint density at radius 2 is 1.67 bits per heavy atom. The minimum Gasteiger partial charge on any atom is -0.480 e. The molecule has 3 amide bonds. The van der Waals surface area contributed by atoms with Crippen molar-refractivity contribution in [3.63, 3.8) is 0 Å². The van der Waals surface area contributed by atoms with Crippen LogP contribution in [0.15, 0.2) is 59.5 Å². The van der Waals surface area contributed by atoms with Crippen LogP contribution in [0, 0.1) is 0 Å². The molecule has 3 rings (SSSR count). The number of halogens is 3. The summed E-state index contributed by atoms with van der Waals surface area (Å²) in [7, 11) is -3.85. The Kier molecular flexibility index (Phi) is 9.18. The largest absolute Gasteiger partial charge is 0.480 e. The number of carbonyl (C=O) groups excluding carboxylic acids is 2. The number of carboxylic acids is 1. The molecule has 5 N–H and O–H groups in total. The number of benzene rings is 2. The number of amides is 3. The molecule has 0 saturated carbocycles. The standard InChI is InChI=1S/C24H27F3N4O6S2/c1-23(2)18(31-22(38-23)39(36,37)16-6-4-3-5-7-16)19(32)30-17(20(33)34)13-29-21(35)28-12-14-8-10-15(11-9-14)24(25,26)27/h3-11,17-18,22,31H,12-13H2,1-2H3,(H,30,32)(H,33,34)(H2,28,29,35). The van der Waals surface area contributed by atoms with Crippen LogP contribution in [0.1, 0.15) is 25.0 Å². The zero-order chi connectivity index (χ0) is 29.0. The summed E-state index contributed by atoms with van der Waals surface area (Å²) in [5.74, 6) is -2.21. The fourth-order valence-electron chi connectivity index (χ4n) is 3.70. The lowest BCUT2D eigenvalue weighted by Crippen LogP contribution is -2.57. The molecule has 39 heavy (non-hydrogen) atoms. The van der Waals surface area contributed by atoms with E-state index in [1.54, 1.807) is 32.0 Å². The lowest BCUT2D eigenvalue weighted by molar-refractivity contribution is -0.142. The van der Waals surface area contributed by atoms with Gasteiger partial charge in [0, 0.05) is 11.3 Å². The Hall–Kier alpha value is -3.30. The smallest absolute Gasteiger partial charge is 0.416 e. The molecule has 2 aromatic rings. The van der Waals surface area contributed by atoms with Crippen LogP contribution in [0.5, 0.6) is 0 Å². The Labute approximate surface area is 227 Å². The first-order valence-corrected chi connectivity index (χ1v) is 14.0. The predicted octanol–water partition coefficient (Wildman–Crippen LogP) is 2.32. The van der Waals surface area contributed by atoms with Crippen LogP contribution in [0.25, 0.3) is 0 Å². The maximum atomic E-state index is 13.0. The zero-order valence-corrected chi connectivity index (χ0v) is 22.4. The minimum absolute atomic E-state index is 0.0711. The number of alkyl halides is 3. The van der Waals surface area contributed by atoms with Gasteiger partial charge in [0.05, 0.1) is 17.0 Å². The Morgan fingerprint density at radius 1 is 1.05 bits per heavy atom. The molecule has 10 nitrogen and oxygen atoms in total. The number of thioether (sulfide) groups is 1. The van der Waals surface area contributed by atoms with E-state index >= 15 is 0 Å². The van der Waals surface area contributed by atoms with Crippen molar-refractivity contribution in [3.05, 3.63) is 65.7 Å². The molecule has 1 aliphatic heterocycles. The molecule has 212 valence electrons. The molecule has 0 radical (unpaired) electrons.